The fourth-order valence-corrected chi connectivity index (χ4v) is 2.30. The van der Waals surface area contributed by atoms with E-state index in [-0.39, 0.29) is 5.91 Å². The van der Waals surface area contributed by atoms with Gasteiger partial charge in [0.2, 0.25) is 0 Å². The second kappa shape index (κ2) is 4.98. The number of amides is 1. The summed E-state index contributed by atoms with van der Waals surface area (Å²) in [5.41, 5.74) is 1.88. The van der Waals surface area contributed by atoms with Gasteiger partial charge >= 0.3 is 0 Å². The van der Waals surface area contributed by atoms with E-state index in [9.17, 15) is 4.79 Å². The number of nitrogens with one attached hydrogen (secondary N) is 1. The van der Waals surface area contributed by atoms with Crippen LogP contribution in [0.25, 0.3) is 0 Å². The van der Waals surface area contributed by atoms with Gasteiger partial charge in [0.25, 0.3) is 5.91 Å². The van der Waals surface area contributed by atoms with Crippen molar-refractivity contribution >= 4 is 38.9 Å². The number of rotatable bonds is 2. The Hall–Kier alpha value is -1.20. The molecule has 88 valence electrons. The Morgan fingerprint density at radius 2 is 2.18 bits per heavy atom. The van der Waals surface area contributed by atoms with E-state index in [0.717, 1.165) is 20.7 Å². The Labute approximate surface area is 112 Å². The number of nitrogens with zero attached hydrogens (tertiary/aromatic N) is 1. The van der Waals surface area contributed by atoms with Gasteiger partial charge in [-0.05, 0) is 37.6 Å². The molecule has 2 rings (SSSR count). The summed E-state index contributed by atoms with van der Waals surface area (Å²) in [5.74, 6) is -0.114. The van der Waals surface area contributed by atoms with E-state index in [2.05, 4.69) is 26.2 Å². The first-order valence-electron chi connectivity index (χ1n) is 5.06. The number of carbonyl (C=O) groups excluding carboxylic acids is 1. The van der Waals surface area contributed by atoms with Crippen LogP contribution in [0.1, 0.15) is 20.2 Å². The average molecular weight is 311 g/mol. The highest BCUT2D eigenvalue weighted by molar-refractivity contribution is 9.10. The van der Waals surface area contributed by atoms with Crippen LogP contribution in [0, 0.1) is 13.8 Å². The van der Waals surface area contributed by atoms with Crippen LogP contribution in [-0.4, -0.2) is 10.9 Å². The lowest BCUT2D eigenvalue weighted by Crippen LogP contribution is -2.10. The third kappa shape index (κ3) is 2.92. The van der Waals surface area contributed by atoms with Crippen LogP contribution in [0.4, 0.5) is 5.69 Å². The molecule has 2 aromatic rings. The van der Waals surface area contributed by atoms with E-state index in [0.29, 0.717) is 4.88 Å². The lowest BCUT2D eigenvalue weighted by atomic mass is 10.2. The Morgan fingerprint density at radius 1 is 1.41 bits per heavy atom. The number of aromatic nitrogens is 1. The fourth-order valence-electron chi connectivity index (χ4n) is 1.38. The molecule has 1 aromatic heterocycles. The molecule has 0 saturated heterocycles. The van der Waals surface area contributed by atoms with Gasteiger partial charge in [-0.3, -0.25) is 4.79 Å². The van der Waals surface area contributed by atoms with Crippen LogP contribution in [-0.2, 0) is 0 Å². The summed E-state index contributed by atoms with van der Waals surface area (Å²) in [6, 6.07) is 5.71. The maximum absolute atomic E-state index is 11.9. The number of hydrogen-bond acceptors (Lipinski definition) is 3. The van der Waals surface area contributed by atoms with Crippen molar-refractivity contribution in [1.82, 2.24) is 4.98 Å². The number of hydrogen-bond donors (Lipinski definition) is 1. The van der Waals surface area contributed by atoms with Crippen LogP contribution < -0.4 is 5.32 Å². The lowest BCUT2D eigenvalue weighted by Gasteiger charge is -2.05. The number of carbonyl (C=O) groups is 1. The van der Waals surface area contributed by atoms with Crippen molar-refractivity contribution < 1.29 is 4.79 Å². The fraction of sp³-hybridized carbons (Fsp3) is 0.167. The van der Waals surface area contributed by atoms with Crippen LogP contribution in [0.5, 0.6) is 0 Å². The van der Waals surface area contributed by atoms with Gasteiger partial charge in [-0.2, -0.15) is 0 Å². The predicted molar refractivity (Wildman–Crippen MR) is 73.7 cm³/mol. The third-order valence-corrected chi connectivity index (χ3v) is 4.06. The summed E-state index contributed by atoms with van der Waals surface area (Å²) in [7, 11) is 0. The van der Waals surface area contributed by atoms with Crippen LogP contribution in [0.3, 0.4) is 0 Å². The van der Waals surface area contributed by atoms with Crippen molar-refractivity contribution in [3.8, 4) is 0 Å². The summed E-state index contributed by atoms with van der Waals surface area (Å²) in [6.07, 6.45) is 1.60. The number of aryl methyl sites for hydroxylation is 2. The zero-order valence-electron chi connectivity index (χ0n) is 9.45. The molecule has 0 aliphatic rings. The Balaban J connectivity index is 2.15. The molecule has 0 aliphatic carbocycles. The first kappa shape index (κ1) is 12.3. The van der Waals surface area contributed by atoms with E-state index in [1.165, 1.54) is 11.3 Å². The van der Waals surface area contributed by atoms with E-state index in [1.54, 1.807) is 6.20 Å². The summed E-state index contributed by atoms with van der Waals surface area (Å²) < 4.78 is 1.03. The SMILES string of the molecule is Cc1ncc(C(=O)Nc2ccc(Br)c(C)c2)s1. The minimum absolute atomic E-state index is 0.114. The van der Waals surface area contributed by atoms with Crippen molar-refractivity contribution in [3.05, 3.63) is 44.3 Å². The zero-order chi connectivity index (χ0) is 12.4. The Morgan fingerprint density at radius 3 is 2.76 bits per heavy atom. The monoisotopic (exact) mass is 310 g/mol. The third-order valence-electron chi connectivity index (χ3n) is 2.26. The first-order valence-corrected chi connectivity index (χ1v) is 6.67. The highest BCUT2D eigenvalue weighted by atomic mass is 79.9. The second-order valence-electron chi connectivity index (χ2n) is 3.66. The van der Waals surface area contributed by atoms with Gasteiger partial charge in [-0.15, -0.1) is 11.3 Å². The van der Waals surface area contributed by atoms with Gasteiger partial charge < -0.3 is 5.32 Å². The van der Waals surface area contributed by atoms with Crippen molar-refractivity contribution in [1.29, 1.82) is 0 Å². The normalized spacial score (nSPS) is 10.3. The molecule has 1 amide bonds. The molecule has 0 spiro atoms. The van der Waals surface area contributed by atoms with Crippen molar-refractivity contribution in [2.24, 2.45) is 0 Å². The van der Waals surface area contributed by atoms with Crippen molar-refractivity contribution in [3.63, 3.8) is 0 Å². The minimum atomic E-state index is -0.114. The largest absolute Gasteiger partial charge is 0.321 e. The number of thiazole rings is 1. The zero-order valence-corrected chi connectivity index (χ0v) is 11.9. The Bertz CT molecular complexity index is 565. The smallest absolute Gasteiger partial charge is 0.267 e. The summed E-state index contributed by atoms with van der Waals surface area (Å²) in [6.45, 7) is 3.86. The average Bonchev–Trinajstić information content (AvgIpc) is 2.70. The Kier molecular flexibility index (Phi) is 3.59. The predicted octanol–water partition coefficient (Wildman–Crippen LogP) is 3.77. The number of anilines is 1. The summed E-state index contributed by atoms with van der Waals surface area (Å²) in [4.78, 5) is 16.6. The topological polar surface area (TPSA) is 42.0 Å². The van der Waals surface area contributed by atoms with Crippen LogP contribution >= 0.6 is 27.3 Å². The molecule has 0 radical (unpaired) electrons. The van der Waals surface area contributed by atoms with Crippen LogP contribution in [0.2, 0.25) is 0 Å². The minimum Gasteiger partial charge on any atom is -0.321 e. The van der Waals surface area contributed by atoms with Crippen molar-refractivity contribution in [2.45, 2.75) is 13.8 Å². The molecule has 0 bridgehead atoms. The molecular weight excluding hydrogens is 300 g/mol. The molecule has 3 nitrogen and oxygen atoms in total. The summed E-state index contributed by atoms with van der Waals surface area (Å²) in [5, 5.41) is 3.74. The quantitative estimate of drug-likeness (QED) is 0.917. The van der Waals surface area contributed by atoms with Crippen LogP contribution in [0.15, 0.2) is 28.9 Å². The lowest BCUT2D eigenvalue weighted by molar-refractivity contribution is 0.103. The molecule has 0 saturated carbocycles. The van der Waals surface area contributed by atoms with Gasteiger partial charge in [0, 0.05) is 10.2 Å². The maximum atomic E-state index is 11.9. The molecule has 0 atom stereocenters. The number of halogens is 1. The van der Waals surface area contributed by atoms with Gasteiger partial charge in [-0.25, -0.2) is 4.98 Å². The second-order valence-corrected chi connectivity index (χ2v) is 5.75. The molecule has 5 heteroatoms. The van der Waals surface area contributed by atoms with E-state index < -0.39 is 0 Å². The van der Waals surface area contributed by atoms with Crippen molar-refractivity contribution in [2.75, 3.05) is 5.32 Å². The highest BCUT2D eigenvalue weighted by Crippen LogP contribution is 2.21. The molecule has 17 heavy (non-hydrogen) atoms. The van der Waals surface area contributed by atoms with E-state index in [1.807, 2.05) is 32.0 Å². The van der Waals surface area contributed by atoms with Gasteiger partial charge in [0.15, 0.2) is 0 Å². The van der Waals surface area contributed by atoms with Gasteiger partial charge in [0.1, 0.15) is 4.88 Å². The van der Waals surface area contributed by atoms with Gasteiger partial charge in [-0.1, -0.05) is 15.9 Å². The highest BCUT2D eigenvalue weighted by Gasteiger charge is 2.09. The number of benzene rings is 1. The molecule has 1 heterocycles. The molecule has 1 aromatic carbocycles. The molecule has 0 unspecified atom stereocenters. The maximum Gasteiger partial charge on any atom is 0.267 e. The van der Waals surface area contributed by atoms with E-state index in [4.69, 9.17) is 0 Å². The van der Waals surface area contributed by atoms with Gasteiger partial charge in [0.05, 0.1) is 11.2 Å². The molecule has 0 aliphatic heterocycles. The van der Waals surface area contributed by atoms with E-state index >= 15 is 0 Å². The molecule has 0 fully saturated rings. The summed E-state index contributed by atoms with van der Waals surface area (Å²) >= 11 is 4.81. The molecule has 1 N–H and O–H groups in total. The standard InChI is InChI=1S/C12H11BrN2OS/c1-7-5-9(3-4-10(7)13)15-12(16)11-6-14-8(2)17-11/h3-6H,1-2H3,(H,15,16). The first-order chi connectivity index (χ1) is 8.06. The molecular formula is C12H11BrN2OS.